The predicted octanol–water partition coefficient (Wildman–Crippen LogP) is 3.92. The molecule has 0 aromatic carbocycles. The van der Waals surface area contributed by atoms with Gasteiger partial charge < -0.3 is 10.6 Å². The highest BCUT2D eigenvalue weighted by molar-refractivity contribution is 14.0. The number of hydrogen-bond donors (Lipinski definition) is 2. The average molecular weight is 449 g/mol. The lowest BCUT2D eigenvalue weighted by molar-refractivity contribution is 0.346. The molecule has 1 aromatic heterocycles. The molecule has 0 fully saturated rings. The number of hydrogen-bond acceptors (Lipinski definition) is 2. The van der Waals surface area contributed by atoms with Crippen LogP contribution in [0.25, 0.3) is 0 Å². The van der Waals surface area contributed by atoms with Crippen LogP contribution < -0.4 is 10.6 Å². The quantitative estimate of drug-likeness (QED) is 0.393. The number of aryl methyl sites for hydroxylation is 2. The summed E-state index contributed by atoms with van der Waals surface area (Å²) in [6.45, 7) is 16.8. The Labute approximate surface area is 165 Å². The molecule has 1 aromatic rings. The summed E-state index contributed by atoms with van der Waals surface area (Å²) in [5.74, 6) is 0.886. The van der Waals surface area contributed by atoms with Crippen molar-refractivity contribution >= 4 is 29.9 Å². The van der Waals surface area contributed by atoms with Gasteiger partial charge in [-0.1, -0.05) is 20.8 Å². The van der Waals surface area contributed by atoms with Crippen LogP contribution in [0.2, 0.25) is 0 Å². The van der Waals surface area contributed by atoms with E-state index in [0.717, 1.165) is 24.6 Å². The van der Waals surface area contributed by atoms with Crippen molar-refractivity contribution in [3.05, 3.63) is 17.0 Å². The molecule has 0 aliphatic rings. The lowest BCUT2D eigenvalue weighted by Gasteiger charge is -2.23. The van der Waals surface area contributed by atoms with Gasteiger partial charge in [-0.3, -0.25) is 4.68 Å². The fraction of sp³-hybridized carbons (Fsp3) is 0.778. The van der Waals surface area contributed by atoms with Crippen molar-refractivity contribution in [3.8, 4) is 0 Å². The maximum Gasteiger partial charge on any atom is 0.191 e. The second-order valence-corrected chi connectivity index (χ2v) is 7.61. The van der Waals surface area contributed by atoms with Gasteiger partial charge in [-0.25, -0.2) is 4.99 Å². The number of halogens is 1. The number of rotatable bonds is 6. The van der Waals surface area contributed by atoms with Crippen LogP contribution in [0.15, 0.2) is 4.99 Å². The van der Waals surface area contributed by atoms with Gasteiger partial charge in [-0.05, 0) is 46.0 Å². The number of nitrogens with zero attached hydrogens (tertiary/aromatic N) is 3. The molecule has 0 saturated carbocycles. The highest BCUT2D eigenvalue weighted by Gasteiger charge is 2.14. The van der Waals surface area contributed by atoms with Crippen LogP contribution in [0, 0.1) is 19.3 Å². The molecule has 0 bridgehead atoms. The van der Waals surface area contributed by atoms with Crippen LogP contribution in [0.1, 0.15) is 64.4 Å². The molecule has 0 amide bonds. The Morgan fingerprint density at radius 2 is 1.92 bits per heavy atom. The normalized spacial score (nSPS) is 13.4. The first-order chi connectivity index (χ1) is 10.6. The van der Waals surface area contributed by atoms with Crippen molar-refractivity contribution in [1.29, 1.82) is 0 Å². The van der Waals surface area contributed by atoms with Crippen LogP contribution in [0.4, 0.5) is 0 Å². The van der Waals surface area contributed by atoms with E-state index in [1.807, 2.05) is 18.7 Å². The number of aromatic nitrogens is 2. The van der Waals surface area contributed by atoms with E-state index < -0.39 is 0 Å². The molecule has 6 heteroatoms. The van der Waals surface area contributed by atoms with Crippen molar-refractivity contribution < 1.29 is 0 Å². The van der Waals surface area contributed by atoms with Gasteiger partial charge in [0.15, 0.2) is 5.96 Å². The zero-order valence-electron chi connectivity index (χ0n) is 16.7. The number of guanidine groups is 1. The van der Waals surface area contributed by atoms with Crippen molar-refractivity contribution in [2.24, 2.45) is 17.5 Å². The molecular formula is C18H36IN5. The van der Waals surface area contributed by atoms with Crippen LogP contribution in [-0.2, 0) is 13.6 Å². The Morgan fingerprint density at radius 1 is 1.29 bits per heavy atom. The van der Waals surface area contributed by atoms with Crippen molar-refractivity contribution in [1.82, 2.24) is 20.4 Å². The highest BCUT2D eigenvalue weighted by atomic mass is 127. The van der Waals surface area contributed by atoms with Gasteiger partial charge in [0.05, 0.1) is 12.2 Å². The Bertz CT molecular complexity index is 528. The third-order valence-electron chi connectivity index (χ3n) is 4.11. The standard InChI is InChI=1S/C18H35N5.HI/c1-9-19-17(21-13(2)10-11-18(5,6)7)20-12-16-14(3)22-23(8)15(16)4;/h13H,9-12H2,1-8H3,(H2,19,20,21);1H. The third-order valence-corrected chi connectivity index (χ3v) is 4.11. The Kier molecular flexibility index (Phi) is 9.92. The summed E-state index contributed by atoms with van der Waals surface area (Å²) < 4.78 is 1.92. The molecule has 5 nitrogen and oxygen atoms in total. The van der Waals surface area contributed by atoms with Crippen LogP contribution in [-0.4, -0.2) is 28.3 Å². The zero-order valence-corrected chi connectivity index (χ0v) is 19.0. The van der Waals surface area contributed by atoms with E-state index in [0.29, 0.717) is 18.0 Å². The van der Waals surface area contributed by atoms with E-state index >= 15 is 0 Å². The van der Waals surface area contributed by atoms with E-state index in [-0.39, 0.29) is 24.0 Å². The predicted molar refractivity (Wildman–Crippen MR) is 114 cm³/mol. The van der Waals surface area contributed by atoms with Crippen molar-refractivity contribution in [2.75, 3.05) is 6.54 Å². The Hall–Kier alpha value is -0.790. The first-order valence-corrected chi connectivity index (χ1v) is 8.68. The van der Waals surface area contributed by atoms with Crippen molar-refractivity contribution in [2.45, 2.75) is 73.9 Å². The van der Waals surface area contributed by atoms with E-state index in [1.165, 1.54) is 17.7 Å². The lowest BCUT2D eigenvalue weighted by Crippen LogP contribution is -2.42. The SMILES string of the molecule is CCNC(=NCc1c(C)nn(C)c1C)NC(C)CCC(C)(C)C.I. The van der Waals surface area contributed by atoms with E-state index in [2.05, 4.69) is 57.3 Å². The summed E-state index contributed by atoms with van der Waals surface area (Å²) >= 11 is 0. The van der Waals surface area contributed by atoms with Crippen LogP contribution in [0.5, 0.6) is 0 Å². The molecule has 0 radical (unpaired) electrons. The largest absolute Gasteiger partial charge is 0.357 e. The van der Waals surface area contributed by atoms with Gasteiger partial charge in [0.1, 0.15) is 0 Å². The molecule has 0 saturated heterocycles. The molecule has 0 aliphatic heterocycles. The second kappa shape index (κ2) is 10.3. The smallest absolute Gasteiger partial charge is 0.191 e. The highest BCUT2D eigenvalue weighted by Crippen LogP contribution is 2.21. The molecule has 1 unspecified atom stereocenters. The first-order valence-electron chi connectivity index (χ1n) is 8.68. The van der Waals surface area contributed by atoms with Crippen molar-refractivity contribution in [3.63, 3.8) is 0 Å². The summed E-state index contributed by atoms with van der Waals surface area (Å²) in [4.78, 5) is 4.74. The summed E-state index contributed by atoms with van der Waals surface area (Å²) in [7, 11) is 1.98. The lowest BCUT2D eigenvalue weighted by atomic mass is 9.89. The maximum absolute atomic E-state index is 4.74. The minimum absolute atomic E-state index is 0. The van der Waals surface area contributed by atoms with Gasteiger partial charge in [0, 0.05) is 30.9 Å². The molecule has 1 atom stereocenters. The summed E-state index contributed by atoms with van der Waals surface area (Å²) in [6, 6.07) is 0.406. The molecular weight excluding hydrogens is 413 g/mol. The molecule has 24 heavy (non-hydrogen) atoms. The first kappa shape index (κ1) is 23.2. The topological polar surface area (TPSA) is 54.2 Å². The Balaban J connectivity index is 0.00000529. The molecule has 1 heterocycles. The molecule has 2 N–H and O–H groups in total. The van der Waals surface area contributed by atoms with E-state index in [1.54, 1.807) is 0 Å². The van der Waals surface area contributed by atoms with Crippen LogP contribution >= 0.6 is 24.0 Å². The van der Waals surface area contributed by atoms with Gasteiger partial charge in [-0.2, -0.15) is 5.10 Å². The fourth-order valence-corrected chi connectivity index (χ4v) is 2.48. The van der Waals surface area contributed by atoms with Gasteiger partial charge in [-0.15, -0.1) is 24.0 Å². The number of aliphatic imine (C=N–C) groups is 1. The molecule has 0 spiro atoms. The summed E-state index contributed by atoms with van der Waals surface area (Å²) in [6.07, 6.45) is 2.33. The summed E-state index contributed by atoms with van der Waals surface area (Å²) in [5, 5.41) is 11.3. The minimum Gasteiger partial charge on any atom is -0.357 e. The van der Waals surface area contributed by atoms with Gasteiger partial charge in [0.2, 0.25) is 0 Å². The molecule has 1 rings (SSSR count). The van der Waals surface area contributed by atoms with Crippen LogP contribution in [0.3, 0.4) is 0 Å². The van der Waals surface area contributed by atoms with Gasteiger partial charge >= 0.3 is 0 Å². The van der Waals surface area contributed by atoms with Gasteiger partial charge in [0.25, 0.3) is 0 Å². The number of nitrogens with one attached hydrogen (secondary N) is 2. The fourth-order valence-electron chi connectivity index (χ4n) is 2.48. The van der Waals surface area contributed by atoms with E-state index in [4.69, 9.17) is 4.99 Å². The monoisotopic (exact) mass is 449 g/mol. The second-order valence-electron chi connectivity index (χ2n) is 7.61. The minimum atomic E-state index is 0. The Morgan fingerprint density at radius 3 is 2.38 bits per heavy atom. The summed E-state index contributed by atoms with van der Waals surface area (Å²) in [5.41, 5.74) is 3.83. The average Bonchev–Trinajstić information content (AvgIpc) is 2.67. The molecule has 0 aliphatic carbocycles. The zero-order chi connectivity index (χ0) is 17.6. The van der Waals surface area contributed by atoms with E-state index in [9.17, 15) is 0 Å². The molecule has 140 valence electrons. The third kappa shape index (κ3) is 7.85. The maximum atomic E-state index is 4.74.